The lowest BCUT2D eigenvalue weighted by Crippen LogP contribution is -3.11. The number of carbonyl (C=O) groups is 2. The second-order valence-corrected chi connectivity index (χ2v) is 6.35. The van der Waals surface area contributed by atoms with Gasteiger partial charge in [0.15, 0.2) is 0 Å². The van der Waals surface area contributed by atoms with Crippen LogP contribution in [0.3, 0.4) is 0 Å². The summed E-state index contributed by atoms with van der Waals surface area (Å²) in [5, 5.41) is 5.67. The topological polar surface area (TPSA) is 65.9 Å². The van der Waals surface area contributed by atoms with Crippen LogP contribution in [0.1, 0.15) is 26.7 Å². The molecule has 0 saturated carbocycles. The van der Waals surface area contributed by atoms with Crippen LogP contribution in [0.25, 0.3) is 0 Å². The van der Waals surface area contributed by atoms with Gasteiger partial charge in [-0.25, -0.2) is 9.18 Å². The molecular formula is C18H28FN4O2+. The smallest absolute Gasteiger partial charge is 0.315 e. The number of hydrogen-bond acceptors (Lipinski definition) is 2. The molecule has 1 fully saturated rings. The van der Waals surface area contributed by atoms with E-state index in [0.717, 1.165) is 26.1 Å². The fourth-order valence-corrected chi connectivity index (χ4v) is 3.08. The highest BCUT2D eigenvalue weighted by molar-refractivity contribution is 5.96. The zero-order valence-corrected chi connectivity index (χ0v) is 15.0. The van der Waals surface area contributed by atoms with Crippen LogP contribution in [-0.4, -0.2) is 50.7 Å². The predicted molar refractivity (Wildman–Crippen MR) is 95.2 cm³/mol. The van der Waals surface area contributed by atoms with Crippen LogP contribution < -0.4 is 20.4 Å². The summed E-state index contributed by atoms with van der Waals surface area (Å²) in [6.07, 6.45) is 1.15. The van der Waals surface area contributed by atoms with Crippen molar-refractivity contribution in [2.24, 2.45) is 0 Å². The standard InChI is InChI=1S/C18H27FN4O2/c1-3-22(4-2)10-6-9-20-18(25)21-15-12-17(24)23(13-15)16-8-5-7-14(19)11-16/h5,7-8,11,15H,3-4,6,9-10,12-13H2,1-2H3,(H2,20,21,25)/p+1/t15-/m1/s1. The molecule has 1 aliphatic rings. The van der Waals surface area contributed by atoms with Crippen molar-refractivity contribution in [1.29, 1.82) is 0 Å². The minimum atomic E-state index is -0.380. The zero-order chi connectivity index (χ0) is 18.2. The Bertz CT molecular complexity index is 592. The lowest BCUT2D eigenvalue weighted by atomic mass is 10.2. The van der Waals surface area contributed by atoms with Gasteiger partial charge in [0.2, 0.25) is 5.91 Å². The van der Waals surface area contributed by atoms with Crippen LogP contribution in [0, 0.1) is 5.82 Å². The highest BCUT2D eigenvalue weighted by atomic mass is 19.1. The van der Waals surface area contributed by atoms with Crippen molar-refractivity contribution in [1.82, 2.24) is 10.6 Å². The Morgan fingerprint density at radius 1 is 1.36 bits per heavy atom. The van der Waals surface area contributed by atoms with Crippen molar-refractivity contribution in [3.05, 3.63) is 30.1 Å². The highest BCUT2D eigenvalue weighted by Crippen LogP contribution is 2.22. The summed E-state index contributed by atoms with van der Waals surface area (Å²) in [5.41, 5.74) is 0.525. The number of halogens is 1. The van der Waals surface area contributed by atoms with E-state index in [2.05, 4.69) is 24.5 Å². The minimum absolute atomic E-state index is 0.110. The van der Waals surface area contributed by atoms with Crippen LogP contribution in [0.4, 0.5) is 14.9 Å². The highest BCUT2D eigenvalue weighted by Gasteiger charge is 2.31. The van der Waals surface area contributed by atoms with Crippen molar-refractivity contribution in [3.8, 4) is 0 Å². The fraction of sp³-hybridized carbons (Fsp3) is 0.556. The molecule has 0 bridgehead atoms. The van der Waals surface area contributed by atoms with Gasteiger partial charge in [-0.2, -0.15) is 0 Å². The molecular weight excluding hydrogens is 323 g/mol. The maximum atomic E-state index is 13.3. The molecule has 0 radical (unpaired) electrons. The molecule has 2 rings (SSSR count). The Kier molecular flexibility index (Phi) is 7.18. The van der Waals surface area contributed by atoms with Crippen molar-refractivity contribution in [2.45, 2.75) is 32.7 Å². The lowest BCUT2D eigenvalue weighted by molar-refractivity contribution is -0.896. The van der Waals surface area contributed by atoms with Gasteiger partial charge < -0.3 is 20.4 Å². The van der Waals surface area contributed by atoms with Crippen molar-refractivity contribution < 1.29 is 18.9 Å². The summed E-state index contributed by atoms with van der Waals surface area (Å²) in [6.45, 7) is 8.48. The maximum absolute atomic E-state index is 13.3. The molecule has 1 aromatic carbocycles. The fourth-order valence-electron chi connectivity index (χ4n) is 3.08. The number of hydrogen-bond donors (Lipinski definition) is 3. The first kappa shape index (κ1) is 19.2. The number of benzene rings is 1. The van der Waals surface area contributed by atoms with Crippen molar-refractivity contribution in [3.63, 3.8) is 0 Å². The van der Waals surface area contributed by atoms with Crippen LogP contribution in [0.2, 0.25) is 0 Å². The van der Waals surface area contributed by atoms with E-state index in [1.54, 1.807) is 12.1 Å². The number of carbonyl (C=O) groups excluding carboxylic acids is 2. The normalized spacial score (nSPS) is 17.2. The van der Waals surface area contributed by atoms with E-state index >= 15 is 0 Å². The number of nitrogens with zero attached hydrogens (tertiary/aromatic N) is 1. The minimum Gasteiger partial charge on any atom is -0.338 e. The summed E-state index contributed by atoms with van der Waals surface area (Å²) in [4.78, 5) is 27.1. The first-order chi connectivity index (χ1) is 12.0. The third-order valence-corrected chi connectivity index (χ3v) is 4.57. The second-order valence-electron chi connectivity index (χ2n) is 6.35. The Hall–Kier alpha value is -2.15. The van der Waals surface area contributed by atoms with Gasteiger partial charge in [0.25, 0.3) is 0 Å². The molecule has 0 unspecified atom stereocenters. The zero-order valence-electron chi connectivity index (χ0n) is 15.0. The van der Waals surface area contributed by atoms with Crippen molar-refractivity contribution in [2.75, 3.05) is 37.6 Å². The van der Waals surface area contributed by atoms with E-state index in [4.69, 9.17) is 0 Å². The Morgan fingerprint density at radius 2 is 2.12 bits per heavy atom. The van der Waals surface area contributed by atoms with Gasteiger partial charge in [-0.1, -0.05) is 6.07 Å². The quantitative estimate of drug-likeness (QED) is 0.599. The average molecular weight is 351 g/mol. The largest absolute Gasteiger partial charge is 0.338 e. The van der Waals surface area contributed by atoms with Gasteiger partial charge in [-0.3, -0.25) is 4.79 Å². The number of anilines is 1. The van der Waals surface area contributed by atoms with Gasteiger partial charge >= 0.3 is 6.03 Å². The van der Waals surface area contributed by atoms with Crippen LogP contribution in [0.15, 0.2) is 24.3 Å². The first-order valence-corrected chi connectivity index (χ1v) is 8.97. The van der Waals surface area contributed by atoms with Gasteiger partial charge in [-0.15, -0.1) is 0 Å². The number of rotatable bonds is 8. The van der Waals surface area contributed by atoms with E-state index in [0.29, 0.717) is 18.8 Å². The molecule has 0 aromatic heterocycles. The van der Waals surface area contributed by atoms with Crippen LogP contribution in [-0.2, 0) is 4.79 Å². The molecule has 0 aliphatic carbocycles. The third kappa shape index (κ3) is 5.70. The molecule has 25 heavy (non-hydrogen) atoms. The van der Waals surface area contributed by atoms with Crippen molar-refractivity contribution >= 4 is 17.6 Å². The number of nitrogens with one attached hydrogen (secondary N) is 3. The first-order valence-electron chi connectivity index (χ1n) is 8.97. The molecule has 6 nitrogen and oxygen atoms in total. The lowest BCUT2D eigenvalue weighted by Gasteiger charge is -2.18. The van der Waals surface area contributed by atoms with E-state index in [9.17, 15) is 14.0 Å². The summed E-state index contributed by atoms with van der Waals surface area (Å²) in [6, 6.07) is 5.42. The second kappa shape index (κ2) is 9.36. The van der Waals surface area contributed by atoms with Crippen LogP contribution >= 0.6 is 0 Å². The summed E-state index contributed by atoms with van der Waals surface area (Å²) in [5.74, 6) is -0.490. The molecule has 7 heteroatoms. The molecule has 1 heterocycles. The number of urea groups is 1. The maximum Gasteiger partial charge on any atom is 0.315 e. The van der Waals surface area contributed by atoms with E-state index < -0.39 is 0 Å². The van der Waals surface area contributed by atoms with E-state index in [-0.39, 0.29) is 30.2 Å². The van der Waals surface area contributed by atoms with E-state index in [1.807, 2.05) is 0 Å². The Labute approximate surface area is 148 Å². The van der Waals surface area contributed by atoms with Crippen LogP contribution in [0.5, 0.6) is 0 Å². The molecule has 1 saturated heterocycles. The predicted octanol–water partition coefficient (Wildman–Crippen LogP) is 0.545. The number of quaternary nitrogens is 1. The molecule has 1 aliphatic heterocycles. The van der Waals surface area contributed by atoms with Gasteiger partial charge in [-0.05, 0) is 32.0 Å². The third-order valence-electron chi connectivity index (χ3n) is 4.57. The SMILES string of the molecule is CC[NH+](CC)CCCNC(=O)N[C@@H]1CC(=O)N(c2cccc(F)c2)C1. The molecule has 3 amide bonds. The summed E-state index contributed by atoms with van der Waals surface area (Å²) in [7, 11) is 0. The van der Waals surface area contributed by atoms with E-state index in [1.165, 1.54) is 21.9 Å². The monoisotopic (exact) mass is 351 g/mol. The van der Waals surface area contributed by atoms with Gasteiger partial charge in [0.05, 0.1) is 25.7 Å². The molecule has 1 aromatic rings. The Balaban J connectivity index is 1.74. The van der Waals surface area contributed by atoms with Gasteiger partial charge in [0, 0.05) is 31.6 Å². The summed E-state index contributed by atoms with van der Waals surface area (Å²) < 4.78 is 13.3. The Morgan fingerprint density at radius 3 is 2.80 bits per heavy atom. The summed E-state index contributed by atoms with van der Waals surface area (Å²) >= 11 is 0. The average Bonchev–Trinajstić information content (AvgIpc) is 2.95. The molecule has 138 valence electrons. The molecule has 3 N–H and O–H groups in total. The molecule has 1 atom stereocenters. The van der Waals surface area contributed by atoms with Gasteiger partial charge in [0.1, 0.15) is 5.82 Å². The number of amides is 3. The molecule has 0 spiro atoms.